The summed E-state index contributed by atoms with van der Waals surface area (Å²) in [7, 11) is 4.61. The van der Waals surface area contributed by atoms with E-state index in [-0.39, 0.29) is 0 Å². The molecule has 0 amide bonds. The minimum Gasteiger partial charge on any atom is -0.497 e. The molecule has 0 heterocycles. The number of thiol groups is 1. The third-order valence-corrected chi connectivity index (χ3v) is 2.57. The van der Waals surface area contributed by atoms with E-state index in [1.54, 1.807) is 14.2 Å². The van der Waals surface area contributed by atoms with E-state index in [4.69, 9.17) is 9.47 Å². The van der Waals surface area contributed by atoms with Crippen molar-refractivity contribution in [2.24, 2.45) is 0 Å². The van der Waals surface area contributed by atoms with Crippen LogP contribution < -0.4 is 9.47 Å². The van der Waals surface area contributed by atoms with Crippen LogP contribution in [0.3, 0.4) is 0 Å². The molecule has 66 valence electrons. The third kappa shape index (κ3) is 2.01. The van der Waals surface area contributed by atoms with Crippen molar-refractivity contribution in [1.82, 2.24) is 0 Å². The molecular weight excluding hydrogens is 192 g/mol. The molecule has 0 spiro atoms. The molecule has 0 fully saturated rings. The van der Waals surface area contributed by atoms with Crippen molar-refractivity contribution in [3.8, 4) is 11.5 Å². The Morgan fingerprint density at radius 2 is 2.00 bits per heavy atom. The van der Waals surface area contributed by atoms with Crippen molar-refractivity contribution < 1.29 is 9.47 Å². The van der Waals surface area contributed by atoms with Crippen molar-refractivity contribution in [2.75, 3.05) is 14.2 Å². The van der Waals surface area contributed by atoms with Gasteiger partial charge >= 0.3 is 0 Å². The van der Waals surface area contributed by atoms with Crippen LogP contribution in [0.25, 0.3) is 0 Å². The zero-order valence-electron chi connectivity index (χ0n) is 6.90. The van der Waals surface area contributed by atoms with Gasteiger partial charge < -0.3 is 9.47 Å². The summed E-state index contributed by atoms with van der Waals surface area (Å²) in [4.78, 5) is 0.959. The Hall–Kier alpha value is -0.480. The van der Waals surface area contributed by atoms with Crippen molar-refractivity contribution in [1.29, 1.82) is 0 Å². The Kier molecular flexibility index (Phi) is 3.62. The normalized spacial score (nSPS) is 9.58. The van der Waals surface area contributed by atoms with Gasteiger partial charge in [0.15, 0.2) is 0 Å². The molecule has 0 aromatic heterocycles. The summed E-state index contributed by atoms with van der Waals surface area (Å²) in [5, 5.41) is 0. The van der Waals surface area contributed by atoms with Crippen molar-refractivity contribution in [3.63, 3.8) is 0 Å². The molecule has 1 aromatic rings. The van der Waals surface area contributed by atoms with E-state index in [2.05, 4.69) is 11.7 Å². The monoisotopic (exact) mass is 202 g/mol. The van der Waals surface area contributed by atoms with Crippen molar-refractivity contribution in [3.05, 3.63) is 18.2 Å². The van der Waals surface area contributed by atoms with E-state index >= 15 is 0 Å². The highest BCUT2D eigenvalue weighted by molar-refractivity contribution is 8.68. The zero-order chi connectivity index (χ0) is 8.97. The Morgan fingerprint density at radius 1 is 1.25 bits per heavy atom. The van der Waals surface area contributed by atoms with E-state index < -0.39 is 0 Å². The number of hydrogen-bond donors (Lipinski definition) is 1. The third-order valence-electron chi connectivity index (χ3n) is 1.47. The fourth-order valence-corrected chi connectivity index (χ4v) is 1.69. The Morgan fingerprint density at radius 3 is 2.50 bits per heavy atom. The summed E-state index contributed by atoms with van der Waals surface area (Å²) in [6, 6.07) is 5.60. The predicted octanol–water partition coefficient (Wildman–Crippen LogP) is 2.64. The van der Waals surface area contributed by atoms with Crippen LogP contribution >= 0.6 is 22.5 Å². The van der Waals surface area contributed by atoms with E-state index in [0.29, 0.717) is 0 Å². The van der Waals surface area contributed by atoms with Gasteiger partial charge in [0.2, 0.25) is 0 Å². The van der Waals surface area contributed by atoms with Gasteiger partial charge in [0.25, 0.3) is 0 Å². The second-order valence-electron chi connectivity index (χ2n) is 2.11. The molecule has 12 heavy (non-hydrogen) atoms. The second kappa shape index (κ2) is 4.52. The number of rotatable bonds is 3. The highest BCUT2D eigenvalue weighted by Gasteiger charge is 2.02. The molecule has 0 saturated heterocycles. The minimum absolute atomic E-state index is 0.812. The summed E-state index contributed by atoms with van der Waals surface area (Å²) < 4.78 is 10.2. The van der Waals surface area contributed by atoms with Gasteiger partial charge in [-0.25, -0.2) is 0 Å². The predicted molar refractivity (Wildman–Crippen MR) is 54.4 cm³/mol. The smallest absolute Gasteiger partial charge is 0.133 e. The Bertz CT molecular complexity index is 263. The summed E-state index contributed by atoms with van der Waals surface area (Å²) >= 11 is 4.10. The van der Waals surface area contributed by atoms with Crippen LogP contribution in [0.2, 0.25) is 0 Å². The molecule has 0 aliphatic heterocycles. The van der Waals surface area contributed by atoms with E-state index in [9.17, 15) is 0 Å². The average molecular weight is 202 g/mol. The molecule has 4 heteroatoms. The maximum Gasteiger partial charge on any atom is 0.133 e. The second-order valence-corrected chi connectivity index (χ2v) is 3.28. The van der Waals surface area contributed by atoms with Crippen LogP contribution in [0.1, 0.15) is 0 Å². The molecule has 0 unspecified atom stereocenters. The van der Waals surface area contributed by atoms with E-state index in [0.717, 1.165) is 16.4 Å². The molecule has 0 atom stereocenters. The lowest BCUT2D eigenvalue weighted by Crippen LogP contribution is -1.87. The summed E-state index contributed by atoms with van der Waals surface area (Å²) in [6.45, 7) is 0. The number of ether oxygens (including phenoxy) is 2. The van der Waals surface area contributed by atoms with Gasteiger partial charge in [-0.1, -0.05) is 10.8 Å². The molecule has 1 rings (SSSR count). The first-order chi connectivity index (χ1) is 5.81. The van der Waals surface area contributed by atoms with Gasteiger partial charge in [0.1, 0.15) is 11.5 Å². The van der Waals surface area contributed by atoms with Gasteiger partial charge in [0, 0.05) is 0 Å². The van der Waals surface area contributed by atoms with Crippen LogP contribution in [-0.4, -0.2) is 14.2 Å². The number of benzene rings is 1. The van der Waals surface area contributed by atoms with Gasteiger partial charge in [-0.2, -0.15) is 0 Å². The molecule has 0 saturated carbocycles. The molecule has 0 aliphatic rings. The first-order valence-electron chi connectivity index (χ1n) is 3.35. The quantitative estimate of drug-likeness (QED) is 0.600. The highest BCUT2D eigenvalue weighted by atomic mass is 33.1. The zero-order valence-corrected chi connectivity index (χ0v) is 8.61. The van der Waals surface area contributed by atoms with Crippen LogP contribution in [0, 0.1) is 0 Å². The van der Waals surface area contributed by atoms with Gasteiger partial charge in [-0.3, -0.25) is 0 Å². The number of methoxy groups -OCH3 is 2. The molecule has 0 bridgehead atoms. The molecular formula is C8H10O2S2. The highest BCUT2D eigenvalue weighted by Crippen LogP contribution is 2.34. The Balaban J connectivity index is 3.02. The van der Waals surface area contributed by atoms with Crippen LogP contribution in [-0.2, 0) is 0 Å². The molecule has 2 nitrogen and oxygen atoms in total. The maximum absolute atomic E-state index is 5.11. The summed E-state index contributed by atoms with van der Waals surface area (Å²) in [5.74, 6) is 1.63. The lowest BCUT2D eigenvalue weighted by Gasteiger charge is -2.06. The summed E-state index contributed by atoms with van der Waals surface area (Å²) in [5.41, 5.74) is 0. The van der Waals surface area contributed by atoms with E-state index in [1.807, 2.05) is 18.2 Å². The van der Waals surface area contributed by atoms with Gasteiger partial charge in [-0.05, 0) is 18.2 Å². The van der Waals surface area contributed by atoms with E-state index in [1.165, 1.54) is 10.8 Å². The lowest BCUT2D eigenvalue weighted by atomic mass is 10.3. The topological polar surface area (TPSA) is 18.5 Å². The fraction of sp³-hybridized carbons (Fsp3) is 0.250. The molecule has 0 N–H and O–H groups in total. The van der Waals surface area contributed by atoms with Gasteiger partial charge in [0.05, 0.1) is 19.1 Å². The number of hydrogen-bond acceptors (Lipinski definition) is 4. The van der Waals surface area contributed by atoms with Crippen LogP contribution in [0.4, 0.5) is 0 Å². The Labute approximate surface area is 81.1 Å². The first-order valence-corrected chi connectivity index (χ1v) is 5.22. The standard InChI is InChI=1S/C8H10O2S2/c1-9-6-3-4-7(10-2)8(5-6)12-11/h3-5,11H,1-2H3. The molecule has 1 aromatic carbocycles. The molecule has 0 radical (unpaired) electrons. The molecule has 0 aliphatic carbocycles. The average Bonchev–Trinajstić information content (AvgIpc) is 2.16. The van der Waals surface area contributed by atoms with Crippen LogP contribution in [0.5, 0.6) is 11.5 Å². The maximum atomic E-state index is 5.11. The minimum atomic E-state index is 0.812. The SMILES string of the molecule is COc1ccc(OC)c(SS)c1. The fourth-order valence-electron chi connectivity index (χ4n) is 0.855. The lowest BCUT2D eigenvalue weighted by molar-refractivity contribution is 0.394. The van der Waals surface area contributed by atoms with Crippen molar-refractivity contribution in [2.45, 2.75) is 4.90 Å². The first kappa shape index (κ1) is 9.61. The largest absolute Gasteiger partial charge is 0.497 e. The van der Waals surface area contributed by atoms with Crippen molar-refractivity contribution >= 4 is 22.5 Å². The van der Waals surface area contributed by atoms with Gasteiger partial charge in [-0.15, -0.1) is 11.7 Å². The van der Waals surface area contributed by atoms with Crippen LogP contribution in [0.15, 0.2) is 23.1 Å². The summed E-state index contributed by atoms with van der Waals surface area (Å²) in [6.07, 6.45) is 0.